The number of hydrogen-bond acceptors (Lipinski definition) is 2. The summed E-state index contributed by atoms with van der Waals surface area (Å²) in [7, 11) is 1.68. The van der Waals surface area contributed by atoms with Crippen molar-refractivity contribution < 1.29 is 4.74 Å². The molecule has 0 aromatic heterocycles. The van der Waals surface area contributed by atoms with E-state index in [1.807, 2.05) is 0 Å². The number of aryl methyl sites for hydroxylation is 1. The Bertz CT molecular complexity index is 578. The predicted molar refractivity (Wildman–Crippen MR) is 99.5 cm³/mol. The van der Waals surface area contributed by atoms with Gasteiger partial charge in [-0.1, -0.05) is 30.3 Å². The van der Waals surface area contributed by atoms with Gasteiger partial charge in [-0.3, -0.25) is 0 Å². The summed E-state index contributed by atoms with van der Waals surface area (Å²) in [5, 5.41) is 3.58. The Morgan fingerprint density at radius 1 is 1.05 bits per heavy atom. The topological polar surface area (TPSA) is 21.3 Å². The number of methoxy groups -OCH3 is 1. The second-order valence-electron chi connectivity index (χ2n) is 5.40. The lowest BCUT2D eigenvalue weighted by atomic mass is 10.1. The fourth-order valence-corrected chi connectivity index (χ4v) is 3.94. The minimum atomic E-state index is 0.472. The Morgan fingerprint density at radius 3 is 2.27 bits per heavy atom. The van der Waals surface area contributed by atoms with Crippen molar-refractivity contribution >= 4 is 31.9 Å². The molecule has 22 heavy (non-hydrogen) atoms. The molecule has 0 amide bonds. The van der Waals surface area contributed by atoms with Crippen molar-refractivity contribution in [1.29, 1.82) is 0 Å². The van der Waals surface area contributed by atoms with Crippen molar-refractivity contribution in [1.82, 2.24) is 5.32 Å². The number of rotatable bonds is 7. The van der Waals surface area contributed by atoms with Crippen LogP contribution in [0.2, 0.25) is 0 Å². The van der Waals surface area contributed by atoms with Crippen molar-refractivity contribution in [3.8, 4) is 5.75 Å². The van der Waals surface area contributed by atoms with Gasteiger partial charge in [-0.25, -0.2) is 0 Å². The van der Waals surface area contributed by atoms with Gasteiger partial charge in [0.2, 0.25) is 0 Å². The van der Waals surface area contributed by atoms with Crippen LogP contribution in [0.25, 0.3) is 0 Å². The standard InChI is InChI=1S/C18H21Br2NO/c1-13(8-9-14-6-4-3-5-7-14)21-12-15-10-16(19)18(22-2)17(20)11-15/h3-7,10-11,13,21H,8-9,12H2,1-2H3/t13-/m1/s1. The third kappa shape index (κ3) is 5.11. The van der Waals surface area contributed by atoms with E-state index in [1.165, 1.54) is 11.1 Å². The number of ether oxygens (including phenoxy) is 1. The molecule has 0 fully saturated rings. The lowest BCUT2D eigenvalue weighted by molar-refractivity contribution is 0.409. The van der Waals surface area contributed by atoms with Gasteiger partial charge >= 0.3 is 0 Å². The average molecular weight is 427 g/mol. The lowest BCUT2D eigenvalue weighted by Crippen LogP contribution is -2.26. The van der Waals surface area contributed by atoms with Crippen molar-refractivity contribution in [3.63, 3.8) is 0 Å². The maximum Gasteiger partial charge on any atom is 0.147 e. The fourth-order valence-electron chi connectivity index (χ4n) is 2.33. The first kappa shape index (κ1) is 17.5. The summed E-state index contributed by atoms with van der Waals surface area (Å²) in [6.45, 7) is 3.08. The molecule has 2 aromatic carbocycles. The summed E-state index contributed by atoms with van der Waals surface area (Å²) in [5.74, 6) is 0.834. The maximum atomic E-state index is 5.33. The van der Waals surface area contributed by atoms with Crippen LogP contribution >= 0.6 is 31.9 Å². The van der Waals surface area contributed by atoms with Crippen LogP contribution in [0.5, 0.6) is 5.75 Å². The summed E-state index contributed by atoms with van der Waals surface area (Å²) in [5.41, 5.74) is 2.62. The monoisotopic (exact) mass is 425 g/mol. The number of benzene rings is 2. The maximum absolute atomic E-state index is 5.33. The van der Waals surface area contributed by atoms with Crippen LogP contribution in [0.3, 0.4) is 0 Å². The summed E-state index contributed by atoms with van der Waals surface area (Å²) in [4.78, 5) is 0. The van der Waals surface area contributed by atoms with Crippen LogP contribution in [-0.4, -0.2) is 13.2 Å². The van der Waals surface area contributed by atoms with Crippen LogP contribution in [0, 0.1) is 0 Å². The first-order valence-corrected chi connectivity index (χ1v) is 8.98. The first-order chi connectivity index (χ1) is 10.6. The Labute approximate surface area is 149 Å². The number of nitrogens with one attached hydrogen (secondary N) is 1. The van der Waals surface area contributed by atoms with E-state index >= 15 is 0 Å². The van der Waals surface area contributed by atoms with E-state index in [4.69, 9.17) is 4.74 Å². The third-order valence-corrected chi connectivity index (χ3v) is 4.80. The number of hydrogen-bond donors (Lipinski definition) is 1. The Kier molecular flexibility index (Phi) is 6.93. The number of halogens is 2. The minimum Gasteiger partial charge on any atom is -0.494 e. The van der Waals surface area contributed by atoms with Crippen LogP contribution in [0.15, 0.2) is 51.4 Å². The second-order valence-corrected chi connectivity index (χ2v) is 7.11. The summed E-state index contributed by atoms with van der Waals surface area (Å²) >= 11 is 7.09. The molecule has 0 saturated heterocycles. The Balaban J connectivity index is 1.85. The van der Waals surface area contributed by atoms with Crippen molar-refractivity contribution in [2.24, 2.45) is 0 Å². The second kappa shape index (κ2) is 8.70. The zero-order valence-corrected chi connectivity index (χ0v) is 16.1. The molecule has 0 radical (unpaired) electrons. The molecule has 0 aliphatic carbocycles. The van der Waals surface area contributed by atoms with E-state index in [2.05, 4.69) is 86.6 Å². The lowest BCUT2D eigenvalue weighted by Gasteiger charge is -2.15. The zero-order valence-electron chi connectivity index (χ0n) is 12.9. The summed E-state index contributed by atoms with van der Waals surface area (Å²) in [6.07, 6.45) is 2.23. The molecule has 0 bridgehead atoms. The molecule has 2 rings (SSSR count). The molecule has 0 spiro atoms. The molecular weight excluding hydrogens is 406 g/mol. The Morgan fingerprint density at radius 2 is 1.68 bits per heavy atom. The molecule has 118 valence electrons. The normalized spacial score (nSPS) is 12.2. The van der Waals surface area contributed by atoms with Gasteiger partial charge in [0.25, 0.3) is 0 Å². The van der Waals surface area contributed by atoms with Crippen LogP contribution < -0.4 is 10.1 Å². The van der Waals surface area contributed by atoms with E-state index in [0.717, 1.165) is 34.1 Å². The highest BCUT2D eigenvalue weighted by Gasteiger charge is 2.09. The van der Waals surface area contributed by atoms with Gasteiger partial charge in [0.1, 0.15) is 5.75 Å². The predicted octanol–water partition coefficient (Wildman–Crippen LogP) is 5.33. The van der Waals surface area contributed by atoms with Crippen LogP contribution in [0.4, 0.5) is 0 Å². The molecule has 2 aromatic rings. The summed E-state index contributed by atoms with van der Waals surface area (Å²) in [6, 6.07) is 15.3. The van der Waals surface area contributed by atoms with E-state index in [-0.39, 0.29) is 0 Å². The molecule has 0 heterocycles. The SMILES string of the molecule is COc1c(Br)cc(CN[C@H](C)CCc2ccccc2)cc1Br. The van der Waals surface area contributed by atoms with Gasteiger partial charge in [-0.2, -0.15) is 0 Å². The van der Waals surface area contributed by atoms with Crippen LogP contribution in [0.1, 0.15) is 24.5 Å². The average Bonchev–Trinajstić information content (AvgIpc) is 2.52. The van der Waals surface area contributed by atoms with Gasteiger partial charge in [-0.05, 0) is 74.9 Å². The first-order valence-electron chi connectivity index (χ1n) is 7.39. The Hall–Kier alpha value is -0.840. The van der Waals surface area contributed by atoms with Crippen molar-refractivity contribution in [3.05, 3.63) is 62.5 Å². The van der Waals surface area contributed by atoms with Gasteiger partial charge < -0.3 is 10.1 Å². The molecule has 1 N–H and O–H groups in total. The zero-order chi connectivity index (χ0) is 15.9. The highest BCUT2D eigenvalue weighted by molar-refractivity contribution is 9.11. The molecule has 0 unspecified atom stereocenters. The molecule has 0 aliphatic rings. The van der Waals surface area contributed by atoms with E-state index in [9.17, 15) is 0 Å². The highest BCUT2D eigenvalue weighted by Crippen LogP contribution is 2.34. The van der Waals surface area contributed by atoms with Gasteiger partial charge in [0.15, 0.2) is 0 Å². The fraction of sp³-hybridized carbons (Fsp3) is 0.333. The van der Waals surface area contributed by atoms with Crippen molar-refractivity contribution in [2.45, 2.75) is 32.4 Å². The molecule has 0 aliphatic heterocycles. The van der Waals surface area contributed by atoms with Gasteiger partial charge in [0, 0.05) is 12.6 Å². The van der Waals surface area contributed by atoms with Gasteiger partial charge in [-0.15, -0.1) is 0 Å². The smallest absolute Gasteiger partial charge is 0.147 e. The minimum absolute atomic E-state index is 0.472. The molecular formula is C18H21Br2NO. The highest BCUT2D eigenvalue weighted by atomic mass is 79.9. The molecule has 0 saturated carbocycles. The quantitative estimate of drug-likeness (QED) is 0.645. The van der Waals surface area contributed by atoms with Crippen LogP contribution in [-0.2, 0) is 13.0 Å². The summed E-state index contributed by atoms with van der Waals surface area (Å²) < 4.78 is 7.27. The largest absolute Gasteiger partial charge is 0.494 e. The van der Waals surface area contributed by atoms with E-state index in [1.54, 1.807) is 7.11 Å². The van der Waals surface area contributed by atoms with E-state index < -0.39 is 0 Å². The molecule has 1 atom stereocenters. The van der Waals surface area contributed by atoms with E-state index in [0.29, 0.717) is 6.04 Å². The van der Waals surface area contributed by atoms with Crippen molar-refractivity contribution in [2.75, 3.05) is 7.11 Å². The van der Waals surface area contributed by atoms with Gasteiger partial charge in [0.05, 0.1) is 16.1 Å². The molecule has 4 heteroatoms. The third-order valence-electron chi connectivity index (χ3n) is 3.63. The molecule has 2 nitrogen and oxygen atoms in total.